The average Bonchev–Trinajstić information content (AvgIpc) is 3.25. The molecule has 33 heavy (non-hydrogen) atoms. The van der Waals surface area contributed by atoms with Crippen LogP contribution in [-0.2, 0) is 17.9 Å². The number of benzene rings is 3. The number of ether oxygens (including phenoxy) is 1. The third kappa shape index (κ3) is 5.30. The second kappa shape index (κ2) is 10.1. The molecule has 6 nitrogen and oxygen atoms in total. The third-order valence-electron chi connectivity index (χ3n) is 5.63. The minimum atomic E-state index is -0.974. The zero-order chi connectivity index (χ0) is 23.2. The first-order chi connectivity index (χ1) is 16.0. The molecule has 0 aliphatic carbocycles. The number of aromatic nitrogens is 1. The lowest BCUT2D eigenvalue weighted by molar-refractivity contribution is 0.0696. The maximum absolute atomic E-state index is 13.1. The highest BCUT2D eigenvalue weighted by Crippen LogP contribution is 2.22. The Hall–Kier alpha value is -3.90. The molecular weight excluding hydrogens is 416 g/mol. The third-order valence-corrected chi connectivity index (χ3v) is 5.63. The van der Waals surface area contributed by atoms with Gasteiger partial charge in [-0.25, -0.2) is 4.79 Å². The number of carboxylic acids is 1. The molecule has 0 saturated carbocycles. The van der Waals surface area contributed by atoms with E-state index in [9.17, 15) is 9.59 Å². The number of carboxylic acid groups (broad SMARTS) is 1. The van der Waals surface area contributed by atoms with Gasteiger partial charge in [-0.05, 0) is 42.3 Å². The maximum atomic E-state index is 13.1. The van der Waals surface area contributed by atoms with Gasteiger partial charge in [0.2, 0.25) is 0 Å². The minimum Gasteiger partial charge on any atom is -0.478 e. The number of amides is 1. The molecule has 1 amide bonds. The number of fused-ring (bicyclic) bond motifs is 1. The summed E-state index contributed by atoms with van der Waals surface area (Å²) in [4.78, 5) is 24.2. The molecule has 6 heteroatoms. The molecule has 1 atom stereocenters. The van der Waals surface area contributed by atoms with E-state index in [0.717, 1.165) is 22.0 Å². The van der Waals surface area contributed by atoms with Crippen LogP contribution in [0.5, 0.6) is 0 Å². The van der Waals surface area contributed by atoms with Crippen LogP contribution in [0.3, 0.4) is 0 Å². The Kier molecular flexibility index (Phi) is 6.86. The van der Waals surface area contributed by atoms with E-state index in [1.54, 1.807) is 24.3 Å². The Morgan fingerprint density at radius 1 is 0.970 bits per heavy atom. The summed E-state index contributed by atoms with van der Waals surface area (Å²) in [5, 5.41) is 13.1. The summed E-state index contributed by atoms with van der Waals surface area (Å²) < 4.78 is 7.87. The van der Waals surface area contributed by atoms with Gasteiger partial charge in [0.1, 0.15) is 0 Å². The molecule has 0 aliphatic rings. The Morgan fingerprint density at radius 3 is 2.45 bits per heavy atom. The van der Waals surface area contributed by atoms with E-state index in [0.29, 0.717) is 25.3 Å². The molecule has 0 fully saturated rings. The standard InChI is InChI=1S/C27H26N2O4/c1-19(21-10-12-23(13-11-21)27(31)32)28-26(30)24-9-5-8-22-14-15-29(25(22)24)16-17-33-18-20-6-3-2-4-7-20/h2-15,19H,16-18H2,1H3,(H,28,30)(H,31,32)/t19-/m0/s1. The van der Waals surface area contributed by atoms with Crippen LogP contribution in [0.25, 0.3) is 10.9 Å². The molecular formula is C27H26N2O4. The quantitative estimate of drug-likeness (QED) is 0.356. The van der Waals surface area contributed by atoms with Crippen molar-refractivity contribution in [1.29, 1.82) is 0 Å². The summed E-state index contributed by atoms with van der Waals surface area (Å²) in [5.41, 5.74) is 3.64. The van der Waals surface area contributed by atoms with Gasteiger partial charge in [-0.3, -0.25) is 4.79 Å². The topological polar surface area (TPSA) is 80.6 Å². The molecule has 3 aromatic carbocycles. The highest BCUT2D eigenvalue weighted by molar-refractivity contribution is 6.06. The molecule has 4 rings (SSSR count). The maximum Gasteiger partial charge on any atom is 0.335 e. The molecule has 0 bridgehead atoms. The fraction of sp³-hybridized carbons (Fsp3) is 0.185. The van der Waals surface area contributed by atoms with Crippen molar-refractivity contribution in [2.75, 3.05) is 6.61 Å². The Labute approximate surface area is 192 Å². The first kappa shape index (κ1) is 22.3. The number of carbonyl (C=O) groups is 2. The lowest BCUT2D eigenvalue weighted by Gasteiger charge is -2.16. The summed E-state index contributed by atoms with van der Waals surface area (Å²) in [6.07, 6.45) is 1.97. The lowest BCUT2D eigenvalue weighted by atomic mass is 10.0. The molecule has 2 N–H and O–H groups in total. The van der Waals surface area contributed by atoms with E-state index in [1.165, 1.54) is 0 Å². The second-order valence-electron chi connectivity index (χ2n) is 7.91. The smallest absolute Gasteiger partial charge is 0.335 e. The van der Waals surface area contributed by atoms with Crippen molar-refractivity contribution in [1.82, 2.24) is 9.88 Å². The van der Waals surface area contributed by atoms with Gasteiger partial charge < -0.3 is 19.7 Å². The average molecular weight is 443 g/mol. The number of aromatic carboxylic acids is 1. The molecule has 0 spiro atoms. The zero-order valence-corrected chi connectivity index (χ0v) is 18.4. The summed E-state index contributed by atoms with van der Waals surface area (Å²) in [5.74, 6) is -1.15. The Balaban J connectivity index is 1.45. The predicted molar refractivity (Wildman–Crippen MR) is 127 cm³/mol. The SMILES string of the molecule is C[C@H](NC(=O)c1cccc2ccn(CCOCc3ccccc3)c12)c1ccc(C(=O)O)cc1. The first-order valence-corrected chi connectivity index (χ1v) is 10.9. The molecule has 1 heterocycles. The van der Waals surface area contributed by atoms with E-state index in [1.807, 2.05) is 72.3 Å². The van der Waals surface area contributed by atoms with Crippen molar-refractivity contribution < 1.29 is 19.4 Å². The van der Waals surface area contributed by atoms with Crippen LogP contribution in [-0.4, -0.2) is 28.2 Å². The van der Waals surface area contributed by atoms with Gasteiger partial charge in [0.15, 0.2) is 0 Å². The fourth-order valence-electron chi connectivity index (χ4n) is 3.83. The summed E-state index contributed by atoms with van der Waals surface area (Å²) in [7, 11) is 0. The summed E-state index contributed by atoms with van der Waals surface area (Å²) in [6.45, 7) is 3.59. The van der Waals surface area contributed by atoms with Crippen molar-refractivity contribution in [3.05, 3.63) is 107 Å². The Bertz CT molecular complexity index is 1250. The van der Waals surface area contributed by atoms with Gasteiger partial charge in [0.25, 0.3) is 5.91 Å². The molecule has 1 aromatic heterocycles. The number of carbonyl (C=O) groups excluding carboxylic acids is 1. The van der Waals surface area contributed by atoms with Crippen molar-refractivity contribution >= 4 is 22.8 Å². The lowest BCUT2D eigenvalue weighted by Crippen LogP contribution is -2.27. The summed E-state index contributed by atoms with van der Waals surface area (Å²) in [6, 6.07) is 24.0. The predicted octanol–water partition coefficient (Wildman–Crippen LogP) is 5.05. The van der Waals surface area contributed by atoms with E-state index in [-0.39, 0.29) is 17.5 Å². The first-order valence-electron chi connectivity index (χ1n) is 10.9. The highest BCUT2D eigenvalue weighted by Gasteiger charge is 2.17. The van der Waals surface area contributed by atoms with E-state index in [2.05, 4.69) is 5.32 Å². The minimum absolute atomic E-state index is 0.180. The van der Waals surface area contributed by atoms with E-state index >= 15 is 0 Å². The summed E-state index contributed by atoms with van der Waals surface area (Å²) >= 11 is 0. The van der Waals surface area contributed by atoms with Gasteiger partial charge >= 0.3 is 5.97 Å². The Morgan fingerprint density at radius 2 is 1.73 bits per heavy atom. The molecule has 0 unspecified atom stereocenters. The number of hydrogen-bond donors (Lipinski definition) is 2. The van der Waals surface area contributed by atoms with Crippen LogP contribution in [0.1, 0.15) is 44.8 Å². The second-order valence-corrected chi connectivity index (χ2v) is 7.91. The van der Waals surface area contributed by atoms with Gasteiger partial charge in [-0.2, -0.15) is 0 Å². The van der Waals surface area contributed by atoms with Crippen LogP contribution in [0, 0.1) is 0 Å². The fourth-order valence-corrected chi connectivity index (χ4v) is 3.83. The van der Waals surface area contributed by atoms with Crippen LogP contribution in [0.2, 0.25) is 0 Å². The zero-order valence-electron chi connectivity index (χ0n) is 18.4. The molecule has 0 aliphatic heterocycles. The molecule has 0 radical (unpaired) electrons. The van der Waals surface area contributed by atoms with Crippen molar-refractivity contribution in [2.24, 2.45) is 0 Å². The monoisotopic (exact) mass is 442 g/mol. The molecule has 168 valence electrons. The van der Waals surface area contributed by atoms with Gasteiger partial charge in [-0.15, -0.1) is 0 Å². The van der Waals surface area contributed by atoms with E-state index in [4.69, 9.17) is 9.84 Å². The van der Waals surface area contributed by atoms with Crippen LogP contribution < -0.4 is 5.32 Å². The van der Waals surface area contributed by atoms with Crippen molar-refractivity contribution in [3.8, 4) is 0 Å². The van der Waals surface area contributed by atoms with Crippen molar-refractivity contribution in [3.63, 3.8) is 0 Å². The van der Waals surface area contributed by atoms with Gasteiger partial charge in [-0.1, -0.05) is 54.6 Å². The van der Waals surface area contributed by atoms with Crippen LogP contribution in [0.4, 0.5) is 0 Å². The van der Waals surface area contributed by atoms with Crippen molar-refractivity contribution in [2.45, 2.75) is 26.1 Å². The number of hydrogen-bond acceptors (Lipinski definition) is 3. The van der Waals surface area contributed by atoms with Gasteiger partial charge in [0.05, 0.1) is 35.9 Å². The number of para-hydroxylation sites is 1. The van der Waals surface area contributed by atoms with Crippen LogP contribution in [0.15, 0.2) is 85.1 Å². The highest BCUT2D eigenvalue weighted by atomic mass is 16.5. The number of nitrogens with zero attached hydrogens (tertiary/aromatic N) is 1. The number of nitrogens with one attached hydrogen (secondary N) is 1. The molecule has 4 aromatic rings. The largest absolute Gasteiger partial charge is 0.478 e. The normalized spacial score (nSPS) is 11.9. The van der Waals surface area contributed by atoms with Crippen LogP contribution >= 0.6 is 0 Å². The number of rotatable bonds is 9. The van der Waals surface area contributed by atoms with Gasteiger partial charge in [0, 0.05) is 18.1 Å². The molecule has 0 saturated heterocycles. The van der Waals surface area contributed by atoms with E-state index < -0.39 is 5.97 Å².